The Balaban J connectivity index is 0.000000329. The van der Waals surface area contributed by atoms with E-state index in [4.69, 9.17) is 4.74 Å². The predicted octanol–water partition coefficient (Wildman–Crippen LogP) is 5.54. The van der Waals surface area contributed by atoms with Gasteiger partial charge in [-0.05, 0) is 32.8 Å². The van der Waals surface area contributed by atoms with Crippen LogP contribution in [0.3, 0.4) is 0 Å². The van der Waals surface area contributed by atoms with Gasteiger partial charge in [0.25, 0.3) is 11.4 Å². The highest BCUT2D eigenvalue weighted by Crippen LogP contribution is 2.39. The van der Waals surface area contributed by atoms with Gasteiger partial charge in [-0.15, -0.1) is 0 Å². The van der Waals surface area contributed by atoms with Crippen LogP contribution in [0.1, 0.15) is 47.4 Å². The molecule has 13 nitrogen and oxygen atoms in total. The van der Waals surface area contributed by atoms with E-state index in [1.54, 1.807) is 18.7 Å². The van der Waals surface area contributed by atoms with Crippen LogP contribution >= 0.6 is 0 Å². The minimum absolute atomic E-state index is 0.000508. The third-order valence-corrected chi connectivity index (χ3v) is 6.42. The molecule has 0 aromatic heterocycles. The summed E-state index contributed by atoms with van der Waals surface area (Å²) in [6.45, 7) is 3.50. The Hall–Kier alpha value is -4.70. The number of ether oxygens (including phenoxy) is 2. The highest BCUT2D eigenvalue weighted by molar-refractivity contribution is 5.98. The number of nitrogens with one attached hydrogen (secondary N) is 2. The van der Waals surface area contributed by atoms with Gasteiger partial charge in [-0.3, -0.25) is 20.2 Å². The second kappa shape index (κ2) is 15.0. The van der Waals surface area contributed by atoms with E-state index in [2.05, 4.69) is 15.4 Å². The topological polar surface area (TPSA) is 166 Å². The van der Waals surface area contributed by atoms with Crippen LogP contribution in [0.4, 0.5) is 46.0 Å². The van der Waals surface area contributed by atoms with Gasteiger partial charge in [-0.25, -0.2) is 14.0 Å². The van der Waals surface area contributed by atoms with Gasteiger partial charge in [0.05, 0.1) is 40.2 Å². The predicted molar refractivity (Wildman–Crippen MR) is 148 cm³/mol. The van der Waals surface area contributed by atoms with Crippen molar-refractivity contribution in [2.24, 2.45) is 5.92 Å². The third kappa shape index (κ3) is 8.65. The van der Waals surface area contributed by atoms with Crippen LogP contribution in [0.15, 0.2) is 24.3 Å². The number of hydrogen-bond donors (Lipinski definition) is 2. The first kappa shape index (κ1) is 34.5. The zero-order valence-corrected chi connectivity index (χ0v) is 23.7. The van der Waals surface area contributed by atoms with Gasteiger partial charge < -0.3 is 25.0 Å². The van der Waals surface area contributed by atoms with E-state index in [-0.39, 0.29) is 67.5 Å². The molecule has 1 heterocycles. The maximum Gasteiger partial charge on any atom is 0.391 e. The molecule has 1 aliphatic heterocycles. The van der Waals surface area contributed by atoms with Crippen molar-refractivity contribution in [1.29, 1.82) is 0 Å². The average Bonchev–Trinajstić information content (AvgIpc) is 2.96. The maximum atomic E-state index is 13.5. The first-order chi connectivity index (χ1) is 20.2. The van der Waals surface area contributed by atoms with E-state index in [0.717, 1.165) is 18.2 Å². The number of anilines is 3. The molecule has 0 spiro atoms. The summed E-state index contributed by atoms with van der Waals surface area (Å²) in [4.78, 5) is 45.8. The van der Waals surface area contributed by atoms with Crippen LogP contribution in [-0.4, -0.2) is 68.4 Å². The molecule has 236 valence electrons. The van der Waals surface area contributed by atoms with Gasteiger partial charge in [0, 0.05) is 45.4 Å². The van der Waals surface area contributed by atoms with Crippen LogP contribution < -0.4 is 15.5 Å². The van der Waals surface area contributed by atoms with Crippen LogP contribution in [0.2, 0.25) is 0 Å². The van der Waals surface area contributed by atoms with Gasteiger partial charge in [0.1, 0.15) is 22.8 Å². The lowest BCUT2D eigenvalue weighted by molar-refractivity contribution is -0.384. The number of carbonyl (C=O) groups excluding carboxylic acids is 2. The minimum Gasteiger partial charge on any atom is -0.462 e. The molecule has 2 aromatic carbocycles. The van der Waals surface area contributed by atoms with Gasteiger partial charge in [0.15, 0.2) is 0 Å². The molecule has 0 unspecified atom stereocenters. The fourth-order valence-corrected chi connectivity index (χ4v) is 4.29. The molecule has 0 saturated carbocycles. The number of esters is 2. The summed E-state index contributed by atoms with van der Waals surface area (Å²) in [6.07, 6.45) is -4.45. The summed E-state index contributed by atoms with van der Waals surface area (Å²) in [5, 5.41) is 27.1. The summed E-state index contributed by atoms with van der Waals surface area (Å²) < 4.78 is 61.6. The highest BCUT2D eigenvalue weighted by Gasteiger charge is 2.41. The Kier molecular flexibility index (Phi) is 12.0. The summed E-state index contributed by atoms with van der Waals surface area (Å²) in [5.41, 5.74) is -0.641. The number of hydrogen-bond acceptors (Lipinski definition) is 11. The minimum atomic E-state index is -4.25. The molecule has 2 N–H and O–H groups in total. The third-order valence-electron chi connectivity index (χ3n) is 6.42. The lowest BCUT2D eigenvalue weighted by Gasteiger charge is -2.35. The molecular formula is C26H31F4N5O8. The molecule has 1 aliphatic rings. The number of alkyl halides is 3. The van der Waals surface area contributed by atoms with Gasteiger partial charge in [0.2, 0.25) is 0 Å². The largest absolute Gasteiger partial charge is 0.462 e. The summed E-state index contributed by atoms with van der Waals surface area (Å²) in [6, 6.07) is 4.27. The second-order valence-corrected chi connectivity index (χ2v) is 8.99. The molecule has 3 rings (SSSR count). The molecule has 17 heteroatoms. The van der Waals surface area contributed by atoms with E-state index in [1.807, 2.05) is 0 Å². The van der Waals surface area contributed by atoms with Crippen molar-refractivity contribution in [2.45, 2.75) is 32.9 Å². The number of nitro groups is 2. The number of benzene rings is 2. The molecule has 2 aromatic rings. The smallest absolute Gasteiger partial charge is 0.391 e. The van der Waals surface area contributed by atoms with Gasteiger partial charge in [-0.2, -0.15) is 13.2 Å². The van der Waals surface area contributed by atoms with E-state index < -0.39 is 45.3 Å². The van der Waals surface area contributed by atoms with Crippen molar-refractivity contribution < 1.29 is 46.5 Å². The van der Waals surface area contributed by atoms with Crippen molar-refractivity contribution in [3.63, 3.8) is 0 Å². The van der Waals surface area contributed by atoms with Crippen molar-refractivity contribution in [2.75, 3.05) is 55.9 Å². The molecule has 1 fully saturated rings. The standard InChI is InChI=1S/C16H20F3N3O4.C10H11FN2O4/c1-3-26-15(23)11-8-14(22(24)25)12(20-2)9-13(11)21-6-4-10(5-7-21)16(17,18)19;1-3-17-10(14)6-4-9(13(15)16)8(12-2)5-7(6)11/h8-10,20H,3-7H2,1-2H3;4-5,12H,3H2,1-2H3. The SMILES string of the molecule is CCOC(=O)c1cc([N+](=O)[O-])c(NC)cc1F.CCOC(=O)c1cc([N+](=O)[O-])c(NC)cc1N1CCC(C(F)(F)F)CC1. The fourth-order valence-electron chi connectivity index (χ4n) is 4.29. The van der Waals surface area contributed by atoms with Gasteiger partial charge >= 0.3 is 18.1 Å². The van der Waals surface area contributed by atoms with Crippen molar-refractivity contribution in [3.05, 3.63) is 61.4 Å². The zero-order valence-electron chi connectivity index (χ0n) is 23.7. The van der Waals surface area contributed by atoms with Crippen molar-refractivity contribution in [3.8, 4) is 0 Å². The first-order valence-electron chi connectivity index (χ1n) is 13.0. The maximum absolute atomic E-state index is 13.5. The van der Waals surface area contributed by atoms with E-state index in [9.17, 15) is 47.4 Å². The Bertz CT molecular complexity index is 1350. The molecule has 0 amide bonds. The van der Waals surface area contributed by atoms with Crippen molar-refractivity contribution in [1.82, 2.24) is 0 Å². The second-order valence-electron chi connectivity index (χ2n) is 8.99. The summed E-state index contributed by atoms with van der Waals surface area (Å²) >= 11 is 0. The van der Waals surface area contributed by atoms with Gasteiger partial charge in [-0.1, -0.05) is 0 Å². The summed E-state index contributed by atoms with van der Waals surface area (Å²) in [5.74, 6) is -3.91. The van der Waals surface area contributed by atoms with Crippen LogP contribution in [0.25, 0.3) is 0 Å². The van der Waals surface area contributed by atoms with Crippen LogP contribution in [0.5, 0.6) is 0 Å². The number of nitro benzene ring substituents is 2. The quantitative estimate of drug-likeness (QED) is 0.157. The molecule has 43 heavy (non-hydrogen) atoms. The summed E-state index contributed by atoms with van der Waals surface area (Å²) in [7, 11) is 2.91. The Morgan fingerprint density at radius 1 is 0.884 bits per heavy atom. The Morgan fingerprint density at radius 2 is 1.33 bits per heavy atom. The fraction of sp³-hybridized carbons (Fsp3) is 0.462. The molecule has 0 bridgehead atoms. The van der Waals surface area contributed by atoms with E-state index >= 15 is 0 Å². The highest BCUT2D eigenvalue weighted by atomic mass is 19.4. The molecule has 0 radical (unpaired) electrons. The number of halogens is 4. The molecular weight excluding hydrogens is 586 g/mol. The number of nitrogens with zero attached hydrogens (tertiary/aromatic N) is 3. The van der Waals surface area contributed by atoms with Crippen LogP contribution in [-0.2, 0) is 9.47 Å². The number of piperidine rings is 1. The molecule has 0 atom stereocenters. The van der Waals surface area contributed by atoms with E-state index in [1.165, 1.54) is 20.2 Å². The molecule has 0 aliphatic carbocycles. The normalized spacial score (nSPS) is 13.3. The zero-order chi connectivity index (χ0) is 32.5. The van der Waals surface area contributed by atoms with E-state index in [0.29, 0.717) is 5.69 Å². The number of rotatable bonds is 9. The van der Waals surface area contributed by atoms with Crippen molar-refractivity contribution >= 4 is 40.4 Å². The van der Waals surface area contributed by atoms with Crippen LogP contribution in [0, 0.1) is 32.0 Å². The Labute approximate surface area is 243 Å². The Morgan fingerprint density at radius 3 is 1.74 bits per heavy atom. The number of carbonyl (C=O) groups is 2. The first-order valence-corrected chi connectivity index (χ1v) is 13.0. The average molecular weight is 618 g/mol. The lowest BCUT2D eigenvalue weighted by atomic mass is 9.95. The molecule has 1 saturated heterocycles. The monoisotopic (exact) mass is 617 g/mol. The lowest BCUT2D eigenvalue weighted by Crippen LogP contribution is -2.39.